The Kier molecular flexibility index (Phi) is 3.21. The number of halogens is 1. The van der Waals surface area contributed by atoms with Gasteiger partial charge in [-0.3, -0.25) is 4.99 Å². The molecule has 17 heavy (non-hydrogen) atoms. The Balaban J connectivity index is 2.07. The highest BCUT2D eigenvalue weighted by Gasteiger charge is 2.20. The van der Waals surface area contributed by atoms with E-state index in [1.165, 1.54) is 21.4 Å². The van der Waals surface area contributed by atoms with Gasteiger partial charge in [0.1, 0.15) is 0 Å². The molecular weight excluding hydrogens is 294 g/mol. The maximum atomic E-state index is 4.66. The zero-order valence-corrected chi connectivity index (χ0v) is 11.7. The molecule has 1 aliphatic rings. The van der Waals surface area contributed by atoms with Gasteiger partial charge in [0.25, 0.3) is 0 Å². The van der Waals surface area contributed by atoms with Crippen molar-refractivity contribution in [2.75, 3.05) is 11.9 Å². The topological polar surface area (TPSA) is 12.4 Å². The van der Waals surface area contributed by atoms with Crippen LogP contribution in [0.1, 0.15) is 5.56 Å². The molecule has 2 aromatic rings. The molecule has 0 bridgehead atoms. The van der Waals surface area contributed by atoms with Gasteiger partial charge in [-0.2, -0.15) is 0 Å². The summed E-state index contributed by atoms with van der Waals surface area (Å²) in [5.41, 5.74) is 1.27. The summed E-state index contributed by atoms with van der Waals surface area (Å²) < 4.78 is 0. The van der Waals surface area contributed by atoms with Gasteiger partial charge >= 0.3 is 0 Å². The van der Waals surface area contributed by atoms with Gasteiger partial charge in [0.05, 0.1) is 11.6 Å². The molecule has 3 heteroatoms. The van der Waals surface area contributed by atoms with Crippen molar-refractivity contribution in [1.29, 1.82) is 0 Å². The molecule has 2 aromatic carbocycles. The second kappa shape index (κ2) is 4.83. The van der Waals surface area contributed by atoms with Gasteiger partial charge in [-0.1, -0.05) is 58.4 Å². The monoisotopic (exact) mass is 305 g/mol. The molecule has 0 N–H and O–H groups in total. The summed E-state index contributed by atoms with van der Waals surface area (Å²) >= 11 is 5.41. The first-order chi connectivity index (χ1) is 8.38. The Morgan fingerprint density at radius 2 is 2.00 bits per heavy atom. The predicted octanol–water partition coefficient (Wildman–Crippen LogP) is 4.10. The summed E-state index contributed by atoms with van der Waals surface area (Å²) in [6, 6.07) is 14.9. The summed E-state index contributed by atoms with van der Waals surface area (Å²) in [4.78, 5) is 4.66. The maximum absolute atomic E-state index is 4.66. The molecule has 86 valence electrons. The molecule has 0 aromatic heterocycles. The molecule has 1 atom stereocenters. The van der Waals surface area contributed by atoms with Crippen LogP contribution < -0.4 is 0 Å². The van der Waals surface area contributed by atoms with Crippen molar-refractivity contribution >= 4 is 43.5 Å². The van der Waals surface area contributed by atoms with Crippen LogP contribution in [0.25, 0.3) is 10.8 Å². The number of nitrogens with zero attached hydrogens (tertiary/aromatic N) is 1. The summed E-state index contributed by atoms with van der Waals surface area (Å²) in [5.74, 6) is 0. The Bertz CT molecular complexity index is 574. The summed E-state index contributed by atoms with van der Waals surface area (Å²) in [6.07, 6.45) is 0. The van der Waals surface area contributed by atoms with E-state index >= 15 is 0 Å². The van der Waals surface area contributed by atoms with Gasteiger partial charge in [0.15, 0.2) is 0 Å². The first kappa shape index (κ1) is 11.3. The molecule has 3 rings (SSSR count). The molecule has 1 nitrogen and oxygen atoms in total. The molecule has 0 fully saturated rings. The molecule has 0 spiro atoms. The van der Waals surface area contributed by atoms with Crippen molar-refractivity contribution in [2.24, 2.45) is 4.99 Å². The van der Waals surface area contributed by atoms with Gasteiger partial charge in [-0.15, -0.1) is 11.8 Å². The lowest BCUT2D eigenvalue weighted by Gasteiger charge is -2.07. The van der Waals surface area contributed by atoms with E-state index in [0.717, 1.165) is 11.9 Å². The number of aliphatic imine (C=N–C) groups is 1. The number of rotatable bonds is 2. The fourth-order valence-corrected chi connectivity index (χ4v) is 3.64. The first-order valence-corrected chi connectivity index (χ1v) is 7.64. The third-order valence-electron chi connectivity index (χ3n) is 2.91. The zero-order valence-electron chi connectivity index (χ0n) is 9.27. The van der Waals surface area contributed by atoms with Gasteiger partial charge in [-0.25, -0.2) is 0 Å². The van der Waals surface area contributed by atoms with Crippen molar-refractivity contribution < 1.29 is 0 Å². The number of thioether (sulfide) groups is 1. The molecule has 0 saturated heterocycles. The van der Waals surface area contributed by atoms with E-state index in [1.54, 1.807) is 0 Å². The van der Waals surface area contributed by atoms with E-state index in [2.05, 4.69) is 63.4 Å². The Hall–Kier alpha value is -0.800. The molecule has 0 radical (unpaired) electrons. The van der Waals surface area contributed by atoms with Crippen molar-refractivity contribution in [3.05, 3.63) is 48.0 Å². The van der Waals surface area contributed by atoms with Crippen LogP contribution >= 0.6 is 27.7 Å². The smallest absolute Gasteiger partial charge is 0.0987 e. The Morgan fingerprint density at radius 1 is 1.18 bits per heavy atom. The molecular formula is C14H12BrNS. The van der Waals surface area contributed by atoms with Crippen LogP contribution in [0.5, 0.6) is 0 Å². The molecule has 1 unspecified atom stereocenters. The fraction of sp³-hybridized carbons (Fsp3) is 0.214. The molecule has 1 heterocycles. The Morgan fingerprint density at radius 3 is 2.82 bits per heavy atom. The van der Waals surface area contributed by atoms with Crippen molar-refractivity contribution in [3.63, 3.8) is 0 Å². The number of benzene rings is 2. The Labute approximate surface area is 113 Å². The van der Waals surface area contributed by atoms with E-state index in [4.69, 9.17) is 0 Å². The SMILES string of the molecule is BrCC1CN=C(c2cccc3ccccc23)S1. The third-order valence-corrected chi connectivity index (χ3v) is 5.34. The fourth-order valence-electron chi connectivity index (χ4n) is 2.06. The highest BCUT2D eigenvalue weighted by Crippen LogP contribution is 2.30. The van der Waals surface area contributed by atoms with Crippen LogP contribution in [-0.2, 0) is 0 Å². The molecule has 0 saturated carbocycles. The van der Waals surface area contributed by atoms with Crippen LogP contribution in [0.4, 0.5) is 0 Å². The summed E-state index contributed by atoms with van der Waals surface area (Å²) in [7, 11) is 0. The van der Waals surface area contributed by atoms with Gasteiger partial charge < -0.3 is 0 Å². The van der Waals surface area contributed by atoms with Gasteiger partial charge in [0, 0.05) is 16.1 Å². The van der Waals surface area contributed by atoms with Crippen molar-refractivity contribution in [3.8, 4) is 0 Å². The standard InChI is InChI=1S/C14H12BrNS/c15-8-11-9-16-14(17-11)13-7-3-5-10-4-1-2-6-12(10)13/h1-7,11H,8-9H2. The zero-order chi connectivity index (χ0) is 11.7. The number of fused-ring (bicyclic) bond motifs is 1. The normalized spacial score (nSPS) is 19.6. The predicted molar refractivity (Wildman–Crippen MR) is 80.5 cm³/mol. The highest BCUT2D eigenvalue weighted by molar-refractivity contribution is 9.09. The van der Waals surface area contributed by atoms with Crippen LogP contribution in [0.3, 0.4) is 0 Å². The number of hydrogen-bond donors (Lipinski definition) is 0. The van der Waals surface area contributed by atoms with E-state index in [-0.39, 0.29) is 0 Å². The van der Waals surface area contributed by atoms with Crippen LogP contribution in [0.2, 0.25) is 0 Å². The number of hydrogen-bond acceptors (Lipinski definition) is 2. The summed E-state index contributed by atoms with van der Waals surface area (Å²) in [6.45, 7) is 0.925. The molecule has 0 amide bonds. The second-order valence-corrected chi connectivity index (χ2v) is 6.00. The van der Waals surface area contributed by atoms with Crippen LogP contribution in [-0.4, -0.2) is 22.2 Å². The minimum atomic E-state index is 0.587. The van der Waals surface area contributed by atoms with Crippen LogP contribution in [0.15, 0.2) is 47.5 Å². The second-order valence-electron chi connectivity index (χ2n) is 4.07. The minimum absolute atomic E-state index is 0.587. The lowest BCUT2D eigenvalue weighted by molar-refractivity contribution is 0.993. The summed E-state index contributed by atoms with van der Waals surface area (Å²) in [5, 5.41) is 5.37. The minimum Gasteiger partial charge on any atom is -0.277 e. The molecule has 0 aliphatic carbocycles. The quantitative estimate of drug-likeness (QED) is 0.761. The lowest BCUT2D eigenvalue weighted by atomic mass is 10.1. The molecule has 1 aliphatic heterocycles. The first-order valence-electron chi connectivity index (χ1n) is 5.63. The average Bonchev–Trinajstić information content (AvgIpc) is 2.87. The maximum Gasteiger partial charge on any atom is 0.0987 e. The van der Waals surface area contributed by atoms with E-state index in [1.807, 2.05) is 11.8 Å². The average molecular weight is 306 g/mol. The highest BCUT2D eigenvalue weighted by atomic mass is 79.9. The van der Waals surface area contributed by atoms with Crippen molar-refractivity contribution in [1.82, 2.24) is 0 Å². The van der Waals surface area contributed by atoms with E-state index in [0.29, 0.717) is 5.25 Å². The van der Waals surface area contributed by atoms with Crippen molar-refractivity contribution in [2.45, 2.75) is 5.25 Å². The van der Waals surface area contributed by atoms with Crippen LogP contribution in [0, 0.1) is 0 Å². The lowest BCUT2D eigenvalue weighted by Crippen LogP contribution is -2.03. The van der Waals surface area contributed by atoms with Gasteiger partial charge in [0.2, 0.25) is 0 Å². The number of alkyl halides is 1. The largest absolute Gasteiger partial charge is 0.277 e. The van der Waals surface area contributed by atoms with E-state index < -0.39 is 0 Å². The third kappa shape index (κ3) is 2.14. The van der Waals surface area contributed by atoms with E-state index in [9.17, 15) is 0 Å². The van der Waals surface area contributed by atoms with Gasteiger partial charge in [-0.05, 0) is 10.8 Å².